The van der Waals surface area contributed by atoms with Crippen molar-refractivity contribution >= 4 is 5.65 Å². The Balaban J connectivity index is 1.56. The van der Waals surface area contributed by atoms with E-state index in [-0.39, 0.29) is 6.04 Å². The molecule has 4 aromatic rings. The highest BCUT2D eigenvalue weighted by molar-refractivity contribution is 5.62. The molecule has 4 heterocycles. The Hall–Kier alpha value is -2.96. The Bertz CT molecular complexity index is 1110. The number of fused-ring (bicyclic) bond motifs is 1. The Morgan fingerprint density at radius 2 is 1.93 bits per heavy atom. The van der Waals surface area contributed by atoms with Gasteiger partial charge in [0.05, 0.1) is 36.0 Å². The Morgan fingerprint density at radius 3 is 2.68 bits per heavy atom. The molecule has 6 nitrogen and oxygen atoms in total. The van der Waals surface area contributed by atoms with Crippen molar-refractivity contribution in [1.29, 1.82) is 0 Å². The highest BCUT2D eigenvalue weighted by Gasteiger charge is 2.28. The van der Waals surface area contributed by atoms with Crippen molar-refractivity contribution in [3.63, 3.8) is 0 Å². The van der Waals surface area contributed by atoms with Gasteiger partial charge in [-0.15, -0.1) is 0 Å². The average Bonchev–Trinajstić information content (AvgIpc) is 3.41. The van der Waals surface area contributed by atoms with Gasteiger partial charge in [0, 0.05) is 23.5 Å². The van der Waals surface area contributed by atoms with Gasteiger partial charge in [-0.1, -0.05) is 36.4 Å². The number of aryl methyl sites for hydroxylation is 1. The molecule has 142 valence electrons. The zero-order chi connectivity index (χ0) is 19.1. The van der Waals surface area contributed by atoms with Gasteiger partial charge in [0.15, 0.2) is 0 Å². The molecule has 0 radical (unpaired) electrons. The third-order valence-corrected chi connectivity index (χ3v) is 5.43. The molecular weight excluding hydrogens is 348 g/mol. The quantitative estimate of drug-likeness (QED) is 0.576. The van der Waals surface area contributed by atoms with Crippen molar-refractivity contribution in [2.45, 2.75) is 38.9 Å². The number of pyridine rings is 1. The minimum Gasteiger partial charge on any atom is -0.326 e. The zero-order valence-corrected chi connectivity index (χ0v) is 16.1. The van der Waals surface area contributed by atoms with Gasteiger partial charge in [0.1, 0.15) is 5.65 Å². The summed E-state index contributed by atoms with van der Waals surface area (Å²) in [6.07, 6.45) is 5.09. The summed E-state index contributed by atoms with van der Waals surface area (Å²) in [5.74, 6) is 0. The normalized spacial score (nSPS) is 19.5. The fourth-order valence-electron chi connectivity index (χ4n) is 4.05. The van der Waals surface area contributed by atoms with Crippen LogP contribution in [0.25, 0.3) is 16.9 Å². The van der Waals surface area contributed by atoms with Crippen molar-refractivity contribution in [3.05, 3.63) is 78.1 Å². The Morgan fingerprint density at radius 1 is 1.07 bits per heavy atom. The molecule has 1 aromatic carbocycles. The zero-order valence-electron chi connectivity index (χ0n) is 16.1. The van der Waals surface area contributed by atoms with Crippen molar-refractivity contribution in [2.75, 3.05) is 0 Å². The van der Waals surface area contributed by atoms with Crippen LogP contribution < -0.4 is 10.9 Å². The second-order valence-electron chi connectivity index (χ2n) is 7.58. The molecule has 5 rings (SSSR count). The van der Waals surface area contributed by atoms with Crippen LogP contribution >= 0.6 is 0 Å². The minimum atomic E-state index is 0.214. The summed E-state index contributed by atoms with van der Waals surface area (Å²) in [5, 5.41) is 0. The standard InChI is InChI=1S/C22H24N6/c1-15-11-19(26-25-15)22-21(17-8-4-3-5-9-17)23-14-27(22)12-18-13-28-16(2)7-6-10-20(28)24-18/h3-10,13-15,19,25-26H,11-12H2,1-2H3. The van der Waals surface area contributed by atoms with Crippen molar-refractivity contribution in [1.82, 2.24) is 29.8 Å². The molecule has 1 saturated heterocycles. The molecule has 1 aliphatic heterocycles. The number of hydrazine groups is 1. The second-order valence-corrected chi connectivity index (χ2v) is 7.58. The Kier molecular flexibility index (Phi) is 4.22. The fourth-order valence-corrected chi connectivity index (χ4v) is 4.05. The van der Waals surface area contributed by atoms with Crippen LogP contribution in [0.15, 0.2) is 61.1 Å². The van der Waals surface area contributed by atoms with E-state index < -0.39 is 0 Å². The van der Waals surface area contributed by atoms with Crippen LogP contribution in [0, 0.1) is 6.92 Å². The van der Waals surface area contributed by atoms with E-state index in [1.165, 1.54) is 11.4 Å². The van der Waals surface area contributed by atoms with Gasteiger partial charge in [-0.25, -0.2) is 15.4 Å². The van der Waals surface area contributed by atoms with Gasteiger partial charge in [-0.2, -0.15) is 0 Å². The first kappa shape index (κ1) is 17.2. The molecule has 0 bridgehead atoms. The molecule has 0 spiro atoms. The largest absolute Gasteiger partial charge is 0.326 e. The minimum absolute atomic E-state index is 0.214. The monoisotopic (exact) mass is 372 g/mol. The van der Waals surface area contributed by atoms with E-state index in [4.69, 9.17) is 9.97 Å². The van der Waals surface area contributed by atoms with Crippen molar-refractivity contribution in [3.8, 4) is 11.3 Å². The number of nitrogens with one attached hydrogen (secondary N) is 2. The van der Waals surface area contributed by atoms with Crippen molar-refractivity contribution in [2.24, 2.45) is 0 Å². The van der Waals surface area contributed by atoms with Crippen LogP contribution in [-0.2, 0) is 6.54 Å². The number of hydrogen-bond acceptors (Lipinski definition) is 4. The SMILES string of the molecule is Cc1cccc2nc(Cn3cnc(-c4ccccc4)c3C3CC(C)NN3)cn12. The summed E-state index contributed by atoms with van der Waals surface area (Å²) >= 11 is 0. The molecule has 2 atom stereocenters. The maximum Gasteiger partial charge on any atom is 0.137 e. The second kappa shape index (κ2) is 6.89. The van der Waals surface area contributed by atoms with Crippen LogP contribution in [0.1, 0.15) is 36.5 Å². The molecule has 0 amide bonds. The number of nitrogens with zero attached hydrogens (tertiary/aromatic N) is 4. The number of benzene rings is 1. The lowest BCUT2D eigenvalue weighted by Gasteiger charge is -2.15. The Labute approximate surface area is 164 Å². The van der Waals surface area contributed by atoms with E-state index in [1.807, 2.05) is 24.5 Å². The highest BCUT2D eigenvalue weighted by Crippen LogP contribution is 2.31. The molecule has 0 saturated carbocycles. The lowest BCUT2D eigenvalue weighted by Crippen LogP contribution is -2.29. The smallest absolute Gasteiger partial charge is 0.137 e. The molecule has 0 aliphatic carbocycles. The van der Waals surface area contributed by atoms with Crippen LogP contribution in [0.5, 0.6) is 0 Å². The molecular formula is C22H24N6. The summed E-state index contributed by atoms with van der Waals surface area (Å²) in [6, 6.07) is 17.2. The lowest BCUT2D eigenvalue weighted by atomic mass is 10.0. The predicted molar refractivity (Wildman–Crippen MR) is 110 cm³/mol. The predicted octanol–water partition coefficient (Wildman–Crippen LogP) is 3.48. The maximum absolute atomic E-state index is 4.81. The van der Waals surface area contributed by atoms with Crippen LogP contribution in [0.3, 0.4) is 0 Å². The molecule has 6 heteroatoms. The summed E-state index contributed by atoms with van der Waals surface area (Å²) < 4.78 is 4.37. The lowest BCUT2D eigenvalue weighted by molar-refractivity contribution is 0.536. The third kappa shape index (κ3) is 3.00. The van der Waals surface area contributed by atoms with Crippen LogP contribution in [0.4, 0.5) is 0 Å². The summed E-state index contributed by atoms with van der Waals surface area (Å²) in [5.41, 5.74) is 13.4. The van der Waals surface area contributed by atoms with E-state index in [2.05, 4.69) is 70.2 Å². The van der Waals surface area contributed by atoms with E-state index in [0.29, 0.717) is 12.6 Å². The molecule has 1 aliphatic rings. The molecule has 28 heavy (non-hydrogen) atoms. The first-order valence-corrected chi connectivity index (χ1v) is 9.74. The number of hydrogen-bond donors (Lipinski definition) is 2. The number of rotatable bonds is 4. The maximum atomic E-state index is 4.81. The fraction of sp³-hybridized carbons (Fsp3) is 0.273. The number of aromatic nitrogens is 4. The summed E-state index contributed by atoms with van der Waals surface area (Å²) in [4.78, 5) is 9.60. The van der Waals surface area contributed by atoms with Crippen LogP contribution in [-0.4, -0.2) is 25.0 Å². The summed E-state index contributed by atoms with van der Waals surface area (Å²) in [7, 11) is 0. The van der Waals surface area contributed by atoms with E-state index >= 15 is 0 Å². The van der Waals surface area contributed by atoms with Crippen molar-refractivity contribution < 1.29 is 0 Å². The van der Waals surface area contributed by atoms with Gasteiger partial charge >= 0.3 is 0 Å². The van der Waals surface area contributed by atoms with Gasteiger partial charge in [-0.05, 0) is 32.4 Å². The molecule has 2 N–H and O–H groups in total. The molecule has 2 unspecified atom stereocenters. The third-order valence-electron chi connectivity index (χ3n) is 5.43. The van der Waals surface area contributed by atoms with Gasteiger partial charge in [-0.3, -0.25) is 5.43 Å². The van der Waals surface area contributed by atoms with E-state index in [9.17, 15) is 0 Å². The first-order valence-electron chi connectivity index (χ1n) is 9.74. The van der Waals surface area contributed by atoms with Crippen LogP contribution in [0.2, 0.25) is 0 Å². The van der Waals surface area contributed by atoms with E-state index in [0.717, 1.165) is 29.0 Å². The van der Waals surface area contributed by atoms with Gasteiger partial charge in [0.25, 0.3) is 0 Å². The van der Waals surface area contributed by atoms with E-state index in [1.54, 1.807) is 0 Å². The summed E-state index contributed by atoms with van der Waals surface area (Å²) in [6.45, 7) is 4.99. The van der Waals surface area contributed by atoms with Gasteiger partial charge < -0.3 is 8.97 Å². The highest BCUT2D eigenvalue weighted by atomic mass is 15.4. The molecule has 1 fully saturated rings. The number of imidazole rings is 2. The average molecular weight is 372 g/mol. The van der Waals surface area contributed by atoms with Gasteiger partial charge in [0.2, 0.25) is 0 Å². The molecule has 3 aromatic heterocycles. The first-order chi connectivity index (χ1) is 13.7. The topological polar surface area (TPSA) is 59.2 Å².